The number of carbonyl (C=O) groups excluding carboxylic acids is 1. The van der Waals surface area contributed by atoms with E-state index in [1.54, 1.807) is 51.4 Å². The molecular weight excluding hydrogens is 432 g/mol. The fourth-order valence-corrected chi connectivity index (χ4v) is 3.11. The number of benzene rings is 2. The van der Waals surface area contributed by atoms with Gasteiger partial charge in [-0.05, 0) is 62.4 Å². The molecule has 0 aliphatic heterocycles. The molecule has 0 saturated heterocycles. The van der Waals surface area contributed by atoms with Gasteiger partial charge in [-0.2, -0.15) is 0 Å². The Morgan fingerprint density at radius 1 is 1.06 bits per heavy atom. The lowest BCUT2D eigenvalue weighted by molar-refractivity contribution is -0.122. The second kappa shape index (κ2) is 10.7. The number of anilines is 1. The highest BCUT2D eigenvalue weighted by Crippen LogP contribution is 2.18. The first-order valence-corrected chi connectivity index (χ1v) is 10.4. The van der Waals surface area contributed by atoms with Gasteiger partial charge in [0.25, 0.3) is 5.91 Å². The lowest BCUT2D eigenvalue weighted by atomic mass is 10.2. The number of rotatable bonds is 9. The van der Waals surface area contributed by atoms with Gasteiger partial charge in [0.05, 0.1) is 19.3 Å². The smallest absolute Gasteiger partial charge is 0.265 e. The standard InChI is InChI=1S/C24H25ClN2O5/c1-16-23(32-17(2)24(29)26-19-6-4-18(25)5-7-19)22(28)12-13-27(16)14-15-31-21-10-8-20(30-3)9-11-21/h4-13,17H,14-15H2,1-3H3,(H,26,29). The SMILES string of the molecule is COc1ccc(OCCn2ccc(=O)c(OC(C)C(=O)Nc3ccc(Cl)cc3)c2C)cc1. The monoisotopic (exact) mass is 456 g/mol. The predicted molar refractivity (Wildman–Crippen MR) is 124 cm³/mol. The third-order valence-corrected chi connectivity index (χ3v) is 5.08. The molecular formula is C24H25ClN2O5. The van der Waals surface area contributed by atoms with Crippen molar-refractivity contribution in [2.24, 2.45) is 0 Å². The van der Waals surface area contributed by atoms with Crippen molar-refractivity contribution in [2.75, 3.05) is 19.0 Å². The molecule has 0 bridgehead atoms. The maximum Gasteiger partial charge on any atom is 0.265 e. The van der Waals surface area contributed by atoms with Crippen molar-refractivity contribution in [1.29, 1.82) is 0 Å². The van der Waals surface area contributed by atoms with Crippen molar-refractivity contribution in [1.82, 2.24) is 4.57 Å². The Balaban J connectivity index is 1.62. The van der Waals surface area contributed by atoms with Crippen molar-refractivity contribution in [3.63, 3.8) is 0 Å². The van der Waals surface area contributed by atoms with E-state index in [0.717, 1.165) is 5.75 Å². The Labute approximate surface area is 191 Å². The fourth-order valence-electron chi connectivity index (χ4n) is 2.98. The largest absolute Gasteiger partial charge is 0.497 e. The topological polar surface area (TPSA) is 78.8 Å². The van der Waals surface area contributed by atoms with Crippen molar-refractivity contribution in [2.45, 2.75) is 26.5 Å². The van der Waals surface area contributed by atoms with E-state index in [2.05, 4.69) is 5.32 Å². The minimum absolute atomic E-state index is 0.135. The molecule has 8 heteroatoms. The first-order chi connectivity index (χ1) is 15.4. The summed E-state index contributed by atoms with van der Waals surface area (Å²) in [5, 5.41) is 3.32. The van der Waals surface area contributed by atoms with Crippen molar-refractivity contribution < 1.29 is 19.0 Å². The van der Waals surface area contributed by atoms with Crippen LogP contribution in [0.5, 0.6) is 17.2 Å². The summed E-state index contributed by atoms with van der Waals surface area (Å²) in [5.74, 6) is 1.23. The fraction of sp³-hybridized carbons (Fsp3) is 0.250. The number of aromatic nitrogens is 1. The van der Waals surface area contributed by atoms with E-state index in [0.29, 0.717) is 35.3 Å². The van der Waals surface area contributed by atoms with Crippen molar-refractivity contribution in [3.8, 4) is 17.2 Å². The van der Waals surface area contributed by atoms with Crippen LogP contribution in [0.15, 0.2) is 65.6 Å². The number of nitrogens with zero attached hydrogens (tertiary/aromatic N) is 1. The molecule has 3 rings (SSSR count). The second-order valence-electron chi connectivity index (χ2n) is 7.07. The number of nitrogens with one attached hydrogen (secondary N) is 1. The minimum Gasteiger partial charge on any atom is -0.497 e. The lowest BCUT2D eigenvalue weighted by Gasteiger charge is -2.18. The molecule has 168 valence electrons. The molecule has 1 atom stereocenters. The zero-order valence-corrected chi connectivity index (χ0v) is 18.9. The number of carbonyl (C=O) groups is 1. The highest BCUT2D eigenvalue weighted by molar-refractivity contribution is 6.30. The predicted octanol–water partition coefficient (Wildman–Crippen LogP) is 4.30. The van der Waals surface area contributed by atoms with Gasteiger partial charge >= 0.3 is 0 Å². The highest BCUT2D eigenvalue weighted by Gasteiger charge is 2.19. The minimum atomic E-state index is -0.872. The van der Waals surface area contributed by atoms with Gasteiger partial charge in [0, 0.05) is 23.0 Å². The molecule has 2 aromatic carbocycles. The van der Waals surface area contributed by atoms with Gasteiger partial charge in [-0.25, -0.2) is 0 Å². The van der Waals surface area contributed by atoms with Crippen LogP contribution in [0.1, 0.15) is 12.6 Å². The average Bonchev–Trinajstić information content (AvgIpc) is 2.80. The molecule has 7 nitrogen and oxygen atoms in total. The molecule has 0 radical (unpaired) electrons. The number of ether oxygens (including phenoxy) is 3. The Morgan fingerprint density at radius 2 is 1.72 bits per heavy atom. The van der Waals surface area contributed by atoms with Crippen LogP contribution in [-0.4, -0.2) is 30.3 Å². The van der Waals surface area contributed by atoms with Crippen LogP contribution in [0.2, 0.25) is 5.02 Å². The van der Waals surface area contributed by atoms with E-state index in [9.17, 15) is 9.59 Å². The number of hydrogen-bond donors (Lipinski definition) is 1. The average molecular weight is 457 g/mol. The summed E-state index contributed by atoms with van der Waals surface area (Å²) >= 11 is 5.86. The first kappa shape index (κ1) is 23.2. The molecule has 0 aliphatic carbocycles. The van der Waals surface area contributed by atoms with E-state index in [4.69, 9.17) is 25.8 Å². The molecule has 1 amide bonds. The Kier molecular flexibility index (Phi) is 7.78. The van der Waals surface area contributed by atoms with Gasteiger partial charge in [-0.15, -0.1) is 0 Å². The van der Waals surface area contributed by atoms with Crippen LogP contribution < -0.4 is 25.0 Å². The maximum absolute atomic E-state index is 12.5. The van der Waals surface area contributed by atoms with Gasteiger partial charge in [0.15, 0.2) is 11.9 Å². The van der Waals surface area contributed by atoms with Gasteiger partial charge in [-0.1, -0.05) is 11.6 Å². The number of pyridine rings is 1. The van der Waals surface area contributed by atoms with Gasteiger partial charge in [-0.3, -0.25) is 9.59 Å². The molecule has 0 spiro atoms. The van der Waals surface area contributed by atoms with Crippen LogP contribution >= 0.6 is 11.6 Å². The summed E-state index contributed by atoms with van der Waals surface area (Å²) in [7, 11) is 1.61. The molecule has 1 aromatic heterocycles. The van der Waals surface area contributed by atoms with Gasteiger partial charge in [0.2, 0.25) is 5.43 Å². The van der Waals surface area contributed by atoms with E-state index in [1.807, 2.05) is 28.8 Å². The van der Waals surface area contributed by atoms with E-state index >= 15 is 0 Å². The molecule has 1 heterocycles. The van der Waals surface area contributed by atoms with Gasteiger partial charge in [0.1, 0.15) is 18.1 Å². The number of amides is 1. The molecule has 32 heavy (non-hydrogen) atoms. The third-order valence-electron chi connectivity index (χ3n) is 4.83. The van der Waals surface area contributed by atoms with E-state index in [-0.39, 0.29) is 17.1 Å². The zero-order valence-electron chi connectivity index (χ0n) is 18.1. The van der Waals surface area contributed by atoms with Crippen LogP contribution in [-0.2, 0) is 11.3 Å². The van der Waals surface area contributed by atoms with Crippen LogP contribution in [0, 0.1) is 6.92 Å². The summed E-state index contributed by atoms with van der Waals surface area (Å²) in [5.41, 5.74) is 0.913. The van der Waals surface area contributed by atoms with Crippen LogP contribution in [0.25, 0.3) is 0 Å². The lowest BCUT2D eigenvalue weighted by Crippen LogP contribution is -2.32. The van der Waals surface area contributed by atoms with E-state index < -0.39 is 6.10 Å². The summed E-state index contributed by atoms with van der Waals surface area (Å²) < 4.78 is 18.5. The summed E-state index contributed by atoms with van der Waals surface area (Å²) in [6.45, 7) is 4.25. The Morgan fingerprint density at radius 3 is 2.38 bits per heavy atom. The summed E-state index contributed by atoms with van der Waals surface area (Å²) in [6.07, 6.45) is 0.809. The van der Waals surface area contributed by atoms with Crippen LogP contribution in [0.4, 0.5) is 5.69 Å². The van der Waals surface area contributed by atoms with Crippen LogP contribution in [0.3, 0.4) is 0 Å². The number of hydrogen-bond acceptors (Lipinski definition) is 5. The highest BCUT2D eigenvalue weighted by atomic mass is 35.5. The number of halogens is 1. The van der Waals surface area contributed by atoms with Crippen molar-refractivity contribution in [3.05, 3.63) is 81.7 Å². The molecule has 0 fully saturated rings. The molecule has 3 aromatic rings. The Bertz CT molecular complexity index is 1110. The third kappa shape index (κ3) is 6.04. The molecule has 0 saturated carbocycles. The summed E-state index contributed by atoms with van der Waals surface area (Å²) in [4.78, 5) is 24.9. The number of methoxy groups -OCH3 is 1. The summed E-state index contributed by atoms with van der Waals surface area (Å²) in [6, 6.07) is 15.4. The molecule has 1 unspecified atom stereocenters. The first-order valence-electron chi connectivity index (χ1n) is 10.1. The van der Waals surface area contributed by atoms with E-state index in [1.165, 1.54) is 6.07 Å². The van der Waals surface area contributed by atoms with Crippen molar-refractivity contribution >= 4 is 23.2 Å². The zero-order chi connectivity index (χ0) is 23.1. The maximum atomic E-state index is 12.5. The quantitative estimate of drug-likeness (QED) is 0.519. The molecule has 1 N–H and O–H groups in total. The Hall–Kier alpha value is -3.45. The second-order valence-corrected chi connectivity index (χ2v) is 7.50. The normalized spacial score (nSPS) is 11.5. The van der Waals surface area contributed by atoms with Gasteiger partial charge < -0.3 is 24.1 Å². The molecule has 0 aliphatic rings.